The molecular weight excluding hydrogens is 626 g/mol. The lowest BCUT2D eigenvalue weighted by Crippen LogP contribution is -2.59. The van der Waals surface area contributed by atoms with Crippen LogP contribution >= 0.6 is 0 Å². The van der Waals surface area contributed by atoms with Crippen molar-refractivity contribution in [1.82, 2.24) is 10.6 Å². The third kappa shape index (κ3) is 29.5. The molecule has 0 radical (unpaired) electrons. The first-order chi connectivity index (χ1) is 22.7. The van der Waals surface area contributed by atoms with Crippen LogP contribution in [0.25, 0.3) is 31.3 Å². The quantitative estimate of drug-likeness (QED) is 0.0469. The van der Waals surface area contributed by atoms with E-state index >= 15 is 0 Å². The van der Waals surface area contributed by atoms with Crippen molar-refractivity contribution in [1.29, 1.82) is 0 Å². The first-order valence-corrected chi connectivity index (χ1v) is 15.0. The first kappa shape index (κ1) is 43.4. The van der Waals surface area contributed by atoms with Crippen molar-refractivity contribution in [2.24, 2.45) is 15.3 Å². The molecule has 0 heterocycles. The largest absolute Gasteiger partial charge is 0.444 e. The molecule has 2 amide bonds. The molecule has 2 N–H and O–H groups in total. The second-order valence-electron chi connectivity index (χ2n) is 10.5. The molecule has 0 spiro atoms. The molecule has 0 saturated heterocycles. The van der Waals surface area contributed by atoms with Crippen molar-refractivity contribution >= 4 is 12.0 Å². The molecule has 21 nitrogen and oxygen atoms in total. The Balaban J connectivity index is 4.35. The summed E-state index contributed by atoms with van der Waals surface area (Å²) in [6, 6.07) is 0. The highest BCUT2D eigenvalue weighted by Crippen LogP contribution is 2.10. The molecule has 0 aliphatic heterocycles. The van der Waals surface area contributed by atoms with Crippen molar-refractivity contribution in [2.45, 2.75) is 38.3 Å². The Hall–Kier alpha value is -3.61. The standard InChI is InChI=1S/C26H49N11O10/c1-25(2,3)47-24(39)30-5-10-41-15-17-43-19-18-42-16-14-40-9-4-23(38)34-26(20-44-11-6-31-35-27,21-45-12-7-32-36-28)22-46-13-8-33-37-29/h4-22H2,1-3H3,(H,30,39)(H,34,38). The molecule has 21 heteroatoms. The minimum atomic E-state index is -1.15. The van der Waals surface area contributed by atoms with Crippen LogP contribution in [-0.4, -0.2) is 142 Å². The predicted molar refractivity (Wildman–Crippen MR) is 167 cm³/mol. The normalized spacial score (nSPS) is 12.1. The highest BCUT2D eigenvalue weighted by atomic mass is 16.6. The highest BCUT2D eigenvalue weighted by molar-refractivity contribution is 5.77. The van der Waals surface area contributed by atoms with Gasteiger partial charge in [0.15, 0.2) is 0 Å². The van der Waals surface area contributed by atoms with Gasteiger partial charge in [-0.1, -0.05) is 15.3 Å². The maximum absolute atomic E-state index is 12.8. The van der Waals surface area contributed by atoms with E-state index in [4.69, 9.17) is 54.5 Å². The molecule has 0 rings (SSSR count). The zero-order valence-electron chi connectivity index (χ0n) is 27.5. The Morgan fingerprint density at radius 1 is 0.596 bits per heavy atom. The molecule has 0 atom stereocenters. The summed E-state index contributed by atoms with van der Waals surface area (Å²) in [5.41, 5.74) is 23.7. The SMILES string of the molecule is CC(C)(C)OC(=O)NCCOCCOCCOCCOCCC(=O)NC(COCCN=[N+]=[N-])(COCCN=[N+]=[N-])COCCN=[N+]=[N-]. The van der Waals surface area contributed by atoms with Crippen LogP contribution in [0.2, 0.25) is 0 Å². The van der Waals surface area contributed by atoms with E-state index in [2.05, 4.69) is 40.7 Å². The first-order valence-electron chi connectivity index (χ1n) is 15.0. The summed E-state index contributed by atoms with van der Waals surface area (Å²) in [5, 5.41) is 15.7. The number of hydrogen-bond acceptors (Lipinski definition) is 13. The van der Waals surface area contributed by atoms with Crippen LogP contribution in [-0.2, 0) is 42.7 Å². The van der Waals surface area contributed by atoms with E-state index in [0.29, 0.717) is 46.2 Å². The Labute approximate surface area is 274 Å². The summed E-state index contributed by atoms with van der Waals surface area (Å²) in [5.74, 6) is -0.363. The van der Waals surface area contributed by atoms with Gasteiger partial charge in [-0.25, -0.2) is 4.79 Å². The molecule has 0 aliphatic rings. The van der Waals surface area contributed by atoms with Crippen molar-refractivity contribution < 1.29 is 47.5 Å². The summed E-state index contributed by atoms with van der Waals surface area (Å²) in [4.78, 5) is 32.4. The van der Waals surface area contributed by atoms with Gasteiger partial charge >= 0.3 is 6.09 Å². The van der Waals surface area contributed by atoms with Gasteiger partial charge < -0.3 is 48.5 Å². The lowest BCUT2D eigenvalue weighted by atomic mass is 10.0. The number of nitrogens with one attached hydrogen (secondary N) is 2. The molecule has 0 unspecified atom stereocenters. The number of carbonyl (C=O) groups excluding carboxylic acids is 2. The van der Waals surface area contributed by atoms with Gasteiger partial charge in [0.25, 0.3) is 0 Å². The topological polar surface area (TPSA) is 278 Å². The fourth-order valence-electron chi connectivity index (χ4n) is 3.31. The van der Waals surface area contributed by atoms with E-state index in [1.54, 1.807) is 20.8 Å². The van der Waals surface area contributed by atoms with Crippen LogP contribution in [0.3, 0.4) is 0 Å². The van der Waals surface area contributed by atoms with E-state index in [9.17, 15) is 9.59 Å². The fraction of sp³-hybridized carbons (Fsp3) is 0.923. The zero-order chi connectivity index (χ0) is 34.9. The van der Waals surface area contributed by atoms with E-state index in [1.807, 2.05) is 0 Å². The number of rotatable bonds is 31. The fourth-order valence-corrected chi connectivity index (χ4v) is 3.31. The van der Waals surface area contributed by atoms with E-state index in [-0.39, 0.29) is 84.8 Å². The number of carbonyl (C=O) groups is 2. The Kier molecular flexibility index (Phi) is 27.5. The maximum atomic E-state index is 12.8. The van der Waals surface area contributed by atoms with Crippen LogP contribution in [0.1, 0.15) is 27.2 Å². The zero-order valence-corrected chi connectivity index (χ0v) is 27.5. The van der Waals surface area contributed by atoms with Crippen molar-refractivity contribution in [3.05, 3.63) is 31.3 Å². The molecular formula is C26H49N11O10. The monoisotopic (exact) mass is 675 g/mol. The Bertz CT molecular complexity index is 919. The average Bonchev–Trinajstić information content (AvgIpc) is 3.01. The summed E-state index contributed by atoms with van der Waals surface area (Å²) in [6.07, 6.45) is -0.469. The predicted octanol–water partition coefficient (Wildman–Crippen LogP) is 2.80. The van der Waals surface area contributed by atoms with Crippen molar-refractivity contribution in [3.63, 3.8) is 0 Å². The van der Waals surface area contributed by atoms with Gasteiger partial charge in [-0.3, -0.25) is 4.79 Å². The number of azide groups is 3. The number of hydrogen-bond donors (Lipinski definition) is 2. The number of ether oxygens (including phenoxy) is 8. The minimum absolute atomic E-state index is 0.0222. The van der Waals surface area contributed by atoms with Gasteiger partial charge in [-0.05, 0) is 37.4 Å². The maximum Gasteiger partial charge on any atom is 0.407 e. The third-order valence-electron chi connectivity index (χ3n) is 5.24. The smallest absolute Gasteiger partial charge is 0.407 e. The summed E-state index contributed by atoms with van der Waals surface area (Å²) >= 11 is 0. The molecule has 268 valence electrons. The molecule has 0 aromatic rings. The molecule has 47 heavy (non-hydrogen) atoms. The van der Waals surface area contributed by atoms with Gasteiger partial charge in [-0.15, -0.1) is 0 Å². The second-order valence-corrected chi connectivity index (χ2v) is 10.5. The molecule has 0 aromatic heterocycles. The molecule has 0 aliphatic carbocycles. The average molecular weight is 676 g/mol. The minimum Gasteiger partial charge on any atom is -0.444 e. The van der Waals surface area contributed by atoms with Gasteiger partial charge in [-0.2, -0.15) is 0 Å². The summed E-state index contributed by atoms with van der Waals surface area (Å²) in [6.45, 7) is 8.59. The lowest BCUT2D eigenvalue weighted by Gasteiger charge is -2.34. The molecule has 0 fully saturated rings. The van der Waals surface area contributed by atoms with Crippen LogP contribution in [0.5, 0.6) is 0 Å². The number of nitrogens with zero attached hydrogens (tertiary/aromatic N) is 9. The van der Waals surface area contributed by atoms with Gasteiger partial charge in [0.1, 0.15) is 11.1 Å². The van der Waals surface area contributed by atoms with Crippen LogP contribution in [0.15, 0.2) is 15.3 Å². The van der Waals surface area contributed by atoms with Crippen molar-refractivity contribution in [3.8, 4) is 0 Å². The molecule has 0 bridgehead atoms. The lowest BCUT2D eigenvalue weighted by molar-refractivity contribution is -0.128. The Morgan fingerprint density at radius 2 is 1.00 bits per heavy atom. The van der Waals surface area contributed by atoms with E-state index in [0.717, 1.165) is 0 Å². The Morgan fingerprint density at radius 3 is 1.40 bits per heavy atom. The summed E-state index contributed by atoms with van der Waals surface area (Å²) < 4.78 is 43.8. The van der Waals surface area contributed by atoms with E-state index < -0.39 is 17.2 Å². The third-order valence-corrected chi connectivity index (χ3v) is 5.24. The summed E-state index contributed by atoms with van der Waals surface area (Å²) in [7, 11) is 0. The molecule has 0 aromatic carbocycles. The van der Waals surface area contributed by atoms with Gasteiger partial charge in [0.05, 0.1) is 92.5 Å². The van der Waals surface area contributed by atoms with Crippen LogP contribution < -0.4 is 10.6 Å². The van der Waals surface area contributed by atoms with Crippen LogP contribution in [0.4, 0.5) is 4.79 Å². The van der Waals surface area contributed by atoms with Crippen LogP contribution in [0, 0.1) is 0 Å². The van der Waals surface area contributed by atoms with E-state index in [1.165, 1.54) is 0 Å². The van der Waals surface area contributed by atoms with Crippen molar-refractivity contribution in [2.75, 3.05) is 119 Å². The molecule has 0 saturated carbocycles. The van der Waals surface area contributed by atoms with Gasteiger partial charge in [0.2, 0.25) is 5.91 Å². The second kappa shape index (κ2) is 29.8. The highest BCUT2D eigenvalue weighted by Gasteiger charge is 2.33. The number of amides is 2. The van der Waals surface area contributed by atoms with Gasteiger partial charge in [0, 0.05) is 47.3 Å². The number of alkyl carbamates (subject to hydrolysis) is 1.